The average Bonchev–Trinajstić information content (AvgIpc) is 2.81. The molecule has 1 aromatic rings. The van der Waals surface area contributed by atoms with Crippen molar-refractivity contribution in [3.05, 3.63) is 34.3 Å². The summed E-state index contributed by atoms with van der Waals surface area (Å²) in [5.41, 5.74) is 1.15. The van der Waals surface area contributed by atoms with Crippen LogP contribution in [0.5, 0.6) is 0 Å². The Balaban J connectivity index is 1.82. The minimum atomic E-state index is 0.223. The summed E-state index contributed by atoms with van der Waals surface area (Å²) in [6.07, 6.45) is 4.53. The molecule has 1 aliphatic rings. The molecular weight excluding hydrogens is 266 g/mol. The van der Waals surface area contributed by atoms with Crippen LogP contribution in [-0.2, 0) is 11.3 Å². The summed E-state index contributed by atoms with van der Waals surface area (Å²) in [5.74, 6) is 0.482. The van der Waals surface area contributed by atoms with Gasteiger partial charge in [-0.25, -0.2) is 0 Å². The molecule has 0 aliphatic heterocycles. The minimum Gasteiger partial charge on any atom is -0.352 e. The molecule has 1 amide bonds. The van der Waals surface area contributed by atoms with E-state index >= 15 is 0 Å². The normalized spacial score (nSPS) is 16.3. The summed E-state index contributed by atoms with van der Waals surface area (Å²) in [7, 11) is 0. The lowest BCUT2D eigenvalue weighted by Gasteiger charge is -2.10. The minimum absolute atomic E-state index is 0.223. The number of hydrogen-bond donors (Lipinski definition) is 1. The topological polar surface area (TPSA) is 29.1 Å². The Morgan fingerprint density at radius 1 is 1.25 bits per heavy atom. The van der Waals surface area contributed by atoms with Crippen LogP contribution in [-0.4, -0.2) is 5.91 Å². The smallest absolute Gasteiger partial charge is 0.223 e. The van der Waals surface area contributed by atoms with Crippen molar-refractivity contribution in [1.82, 2.24) is 5.32 Å². The Labute approximate surface area is 105 Å². The van der Waals surface area contributed by atoms with Gasteiger partial charge in [-0.2, -0.15) is 0 Å². The molecule has 0 unspecified atom stereocenters. The van der Waals surface area contributed by atoms with Crippen LogP contribution in [0.1, 0.15) is 31.2 Å². The quantitative estimate of drug-likeness (QED) is 0.905. The number of carbonyl (C=O) groups is 1. The van der Waals surface area contributed by atoms with Crippen molar-refractivity contribution < 1.29 is 4.79 Å². The molecule has 0 heterocycles. The van der Waals surface area contributed by atoms with E-state index in [4.69, 9.17) is 0 Å². The lowest BCUT2D eigenvalue weighted by molar-refractivity contribution is -0.124. The molecule has 0 atom stereocenters. The molecule has 16 heavy (non-hydrogen) atoms. The molecule has 1 N–H and O–H groups in total. The van der Waals surface area contributed by atoms with Crippen molar-refractivity contribution in [2.24, 2.45) is 5.92 Å². The predicted octanol–water partition coefficient (Wildman–Crippen LogP) is 3.26. The average molecular weight is 282 g/mol. The number of hydrogen-bond acceptors (Lipinski definition) is 1. The first-order chi connectivity index (χ1) is 7.75. The third-order valence-electron chi connectivity index (χ3n) is 3.11. The molecule has 3 heteroatoms. The molecule has 0 spiro atoms. The maximum absolute atomic E-state index is 11.8. The van der Waals surface area contributed by atoms with E-state index < -0.39 is 0 Å². The number of halogens is 1. The van der Waals surface area contributed by atoms with Crippen LogP contribution in [0.25, 0.3) is 0 Å². The number of nitrogens with one attached hydrogen (secondary N) is 1. The van der Waals surface area contributed by atoms with Gasteiger partial charge in [-0.1, -0.05) is 40.9 Å². The summed E-state index contributed by atoms with van der Waals surface area (Å²) in [4.78, 5) is 11.8. The lowest BCUT2D eigenvalue weighted by Crippen LogP contribution is -2.28. The Morgan fingerprint density at radius 2 is 1.88 bits per heavy atom. The Hall–Kier alpha value is -0.830. The fraction of sp³-hybridized carbons (Fsp3) is 0.462. The molecule has 0 aromatic heterocycles. The summed E-state index contributed by atoms with van der Waals surface area (Å²) >= 11 is 3.39. The van der Waals surface area contributed by atoms with Gasteiger partial charge in [0.1, 0.15) is 0 Å². The Morgan fingerprint density at radius 3 is 2.50 bits per heavy atom. The third-order valence-corrected chi connectivity index (χ3v) is 3.63. The van der Waals surface area contributed by atoms with Crippen LogP contribution in [0.2, 0.25) is 0 Å². The first-order valence-electron chi connectivity index (χ1n) is 5.78. The second-order valence-corrected chi connectivity index (χ2v) is 5.24. The Bertz CT molecular complexity index is 355. The molecule has 0 saturated heterocycles. The van der Waals surface area contributed by atoms with E-state index in [1.54, 1.807) is 0 Å². The van der Waals surface area contributed by atoms with Crippen molar-refractivity contribution in [3.8, 4) is 0 Å². The van der Waals surface area contributed by atoms with Gasteiger partial charge < -0.3 is 5.32 Å². The number of carbonyl (C=O) groups excluding carboxylic acids is 1. The molecule has 2 nitrogen and oxygen atoms in total. The van der Waals surface area contributed by atoms with Gasteiger partial charge in [-0.15, -0.1) is 0 Å². The van der Waals surface area contributed by atoms with Crippen LogP contribution < -0.4 is 5.32 Å². The van der Waals surface area contributed by atoms with Crippen molar-refractivity contribution in [3.63, 3.8) is 0 Å². The highest BCUT2D eigenvalue weighted by Gasteiger charge is 2.21. The molecule has 0 radical (unpaired) electrons. The largest absolute Gasteiger partial charge is 0.352 e. The molecule has 0 bridgehead atoms. The summed E-state index contributed by atoms with van der Waals surface area (Å²) in [6, 6.07) is 8.05. The van der Waals surface area contributed by atoms with E-state index in [9.17, 15) is 4.79 Å². The third kappa shape index (κ3) is 3.08. The highest BCUT2D eigenvalue weighted by atomic mass is 79.9. The molecular formula is C13H16BrNO. The van der Waals surface area contributed by atoms with Crippen LogP contribution >= 0.6 is 15.9 Å². The SMILES string of the molecule is O=C(NCc1ccc(Br)cc1)C1CCCC1. The zero-order chi connectivity index (χ0) is 11.4. The second kappa shape index (κ2) is 5.48. The van der Waals surface area contributed by atoms with Gasteiger partial charge in [-0.05, 0) is 30.5 Å². The molecule has 2 rings (SSSR count). The van der Waals surface area contributed by atoms with Gasteiger partial charge in [0.05, 0.1) is 0 Å². The van der Waals surface area contributed by atoms with Crippen LogP contribution in [0.4, 0.5) is 0 Å². The first-order valence-corrected chi connectivity index (χ1v) is 6.57. The van der Waals surface area contributed by atoms with E-state index in [-0.39, 0.29) is 11.8 Å². The molecule has 1 aromatic carbocycles. The molecule has 1 saturated carbocycles. The van der Waals surface area contributed by atoms with Crippen LogP contribution in [0, 0.1) is 5.92 Å². The van der Waals surface area contributed by atoms with Crippen molar-refractivity contribution in [1.29, 1.82) is 0 Å². The fourth-order valence-electron chi connectivity index (χ4n) is 2.12. The van der Waals surface area contributed by atoms with Gasteiger partial charge in [0.25, 0.3) is 0 Å². The van der Waals surface area contributed by atoms with E-state index in [1.165, 1.54) is 12.8 Å². The van der Waals surface area contributed by atoms with E-state index in [0.29, 0.717) is 6.54 Å². The van der Waals surface area contributed by atoms with Gasteiger partial charge in [-0.3, -0.25) is 4.79 Å². The van der Waals surface area contributed by atoms with Crippen LogP contribution in [0.3, 0.4) is 0 Å². The summed E-state index contributed by atoms with van der Waals surface area (Å²) in [6.45, 7) is 0.641. The van der Waals surface area contributed by atoms with Gasteiger partial charge in [0.15, 0.2) is 0 Å². The van der Waals surface area contributed by atoms with Crippen molar-refractivity contribution in [2.45, 2.75) is 32.2 Å². The zero-order valence-electron chi connectivity index (χ0n) is 9.21. The number of amides is 1. The predicted molar refractivity (Wildman–Crippen MR) is 67.9 cm³/mol. The summed E-state index contributed by atoms with van der Waals surface area (Å²) in [5, 5.41) is 3.01. The monoisotopic (exact) mass is 281 g/mol. The standard InChI is InChI=1S/C13H16BrNO/c14-12-7-5-10(6-8-12)9-15-13(16)11-3-1-2-4-11/h5-8,11H,1-4,9H2,(H,15,16). The highest BCUT2D eigenvalue weighted by molar-refractivity contribution is 9.10. The fourth-order valence-corrected chi connectivity index (χ4v) is 2.39. The van der Waals surface area contributed by atoms with E-state index in [1.807, 2.05) is 24.3 Å². The first kappa shape index (κ1) is 11.6. The van der Waals surface area contributed by atoms with Crippen molar-refractivity contribution >= 4 is 21.8 Å². The number of benzene rings is 1. The van der Waals surface area contributed by atoms with Crippen molar-refractivity contribution in [2.75, 3.05) is 0 Å². The van der Waals surface area contributed by atoms with Gasteiger partial charge >= 0.3 is 0 Å². The van der Waals surface area contributed by atoms with Gasteiger partial charge in [0.2, 0.25) is 5.91 Å². The molecule has 1 aliphatic carbocycles. The van der Waals surface area contributed by atoms with E-state index in [0.717, 1.165) is 22.9 Å². The lowest BCUT2D eigenvalue weighted by atomic mass is 10.1. The maximum Gasteiger partial charge on any atom is 0.223 e. The highest BCUT2D eigenvalue weighted by Crippen LogP contribution is 2.24. The second-order valence-electron chi connectivity index (χ2n) is 4.33. The number of rotatable bonds is 3. The zero-order valence-corrected chi connectivity index (χ0v) is 10.8. The van der Waals surface area contributed by atoms with Crippen LogP contribution in [0.15, 0.2) is 28.7 Å². The van der Waals surface area contributed by atoms with Gasteiger partial charge in [0, 0.05) is 16.9 Å². The summed E-state index contributed by atoms with van der Waals surface area (Å²) < 4.78 is 1.07. The Kier molecular flexibility index (Phi) is 3.99. The maximum atomic E-state index is 11.8. The molecule has 1 fully saturated rings. The van der Waals surface area contributed by atoms with E-state index in [2.05, 4.69) is 21.2 Å². The molecule has 86 valence electrons.